The molecule has 0 aliphatic carbocycles. The number of nitrogens with zero attached hydrogens (tertiary/aromatic N) is 2. The summed E-state index contributed by atoms with van der Waals surface area (Å²) in [6.07, 6.45) is 1.88. The van der Waals surface area contributed by atoms with Crippen LogP contribution in [0.2, 0.25) is 0 Å². The molecule has 4 rings (SSSR count). The summed E-state index contributed by atoms with van der Waals surface area (Å²) in [7, 11) is 4.35. The molecule has 0 spiro atoms. The molecule has 1 saturated heterocycles. The average molecular weight is 639 g/mol. The van der Waals surface area contributed by atoms with Gasteiger partial charge in [0.2, 0.25) is 5.75 Å². The van der Waals surface area contributed by atoms with E-state index in [1.165, 1.54) is 26.2 Å². The molecule has 1 aliphatic rings. The molecule has 1 N–H and O–H groups in total. The number of aliphatic hydroxyl groups excluding tert-OH is 1. The number of ether oxygens (including phenoxy) is 5. The summed E-state index contributed by atoms with van der Waals surface area (Å²) in [5.41, 5.74) is 0.849. The molecule has 45 heavy (non-hydrogen) atoms. The number of esters is 1. The average Bonchev–Trinajstić information content (AvgIpc) is 3.54. The minimum absolute atomic E-state index is 0.0866. The topological polar surface area (TPSA) is 134 Å². The fraction of sp³-hybridized carbons (Fsp3) is 0.394. The fourth-order valence-electron chi connectivity index (χ4n) is 4.79. The van der Waals surface area contributed by atoms with Crippen LogP contribution in [0, 0.1) is 12.8 Å². The van der Waals surface area contributed by atoms with Crippen molar-refractivity contribution in [1.82, 2.24) is 4.98 Å². The molecule has 2 heterocycles. The number of unbranched alkanes of at least 4 members (excludes halogenated alkanes) is 1. The van der Waals surface area contributed by atoms with Crippen LogP contribution in [0.5, 0.6) is 23.0 Å². The van der Waals surface area contributed by atoms with E-state index in [1.807, 2.05) is 13.8 Å². The minimum Gasteiger partial charge on any atom is -0.507 e. The number of aromatic nitrogens is 1. The molecule has 2 aromatic carbocycles. The maximum atomic E-state index is 13.7. The number of carbonyl (C=O) groups excluding carboxylic acids is 3. The smallest absolute Gasteiger partial charge is 0.350 e. The zero-order valence-corrected chi connectivity index (χ0v) is 27.3. The van der Waals surface area contributed by atoms with Crippen molar-refractivity contribution in [1.29, 1.82) is 0 Å². The summed E-state index contributed by atoms with van der Waals surface area (Å²) in [6, 6.07) is 8.65. The Kier molecular flexibility index (Phi) is 10.7. The standard InChI is InChI=1S/C33H38N2O9S/c1-8-9-14-43-22-12-10-20(11-13-22)27(36)25-26(21-15-23(40-5)29(42-7)24(16-21)41-6)35(31(38)28(25)37)33-34-19(4)30(45-33)32(39)44-17-18(2)3/h10-13,15-16,18,26,36H,8-9,14,17H2,1-7H3/t26-/m1/s1. The summed E-state index contributed by atoms with van der Waals surface area (Å²) in [5, 5.41) is 11.7. The number of Topliss-reactive ketones (excluding diaryl/α,β-unsaturated/α-hetero) is 1. The Hall–Kier alpha value is -4.58. The van der Waals surface area contributed by atoms with Crippen LogP contribution in [0.3, 0.4) is 0 Å². The lowest BCUT2D eigenvalue weighted by Crippen LogP contribution is -2.29. The van der Waals surface area contributed by atoms with Gasteiger partial charge in [0.15, 0.2) is 16.6 Å². The van der Waals surface area contributed by atoms with Gasteiger partial charge in [-0.05, 0) is 61.2 Å². The lowest BCUT2D eigenvalue weighted by Gasteiger charge is -2.24. The van der Waals surface area contributed by atoms with Crippen molar-refractivity contribution in [3.05, 3.63) is 63.7 Å². The van der Waals surface area contributed by atoms with Gasteiger partial charge < -0.3 is 28.8 Å². The van der Waals surface area contributed by atoms with Gasteiger partial charge in [-0.25, -0.2) is 9.78 Å². The first kappa shape index (κ1) is 33.3. The van der Waals surface area contributed by atoms with Gasteiger partial charge in [0.25, 0.3) is 5.78 Å². The molecular weight excluding hydrogens is 600 g/mol. The number of hydrogen-bond donors (Lipinski definition) is 1. The van der Waals surface area contributed by atoms with Crippen molar-refractivity contribution in [3.8, 4) is 23.0 Å². The van der Waals surface area contributed by atoms with Gasteiger partial charge in [-0.3, -0.25) is 14.5 Å². The van der Waals surface area contributed by atoms with Crippen molar-refractivity contribution < 1.29 is 43.2 Å². The Morgan fingerprint density at radius 1 is 1.04 bits per heavy atom. The van der Waals surface area contributed by atoms with Gasteiger partial charge in [0, 0.05) is 5.56 Å². The lowest BCUT2D eigenvalue weighted by atomic mass is 9.94. The third-order valence-corrected chi connectivity index (χ3v) is 8.20. The highest BCUT2D eigenvalue weighted by Gasteiger charge is 2.49. The van der Waals surface area contributed by atoms with E-state index in [-0.39, 0.29) is 45.4 Å². The summed E-state index contributed by atoms with van der Waals surface area (Å²) < 4.78 is 27.7. The van der Waals surface area contributed by atoms with Crippen LogP contribution in [0.25, 0.3) is 5.76 Å². The maximum absolute atomic E-state index is 13.7. The van der Waals surface area contributed by atoms with Crippen LogP contribution in [0.1, 0.15) is 66.1 Å². The Bertz CT molecular complexity index is 1570. The Morgan fingerprint density at radius 3 is 2.24 bits per heavy atom. The third kappa shape index (κ3) is 6.90. The number of amides is 1. The molecule has 3 aromatic rings. The van der Waals surface area contributed by atoms with Crippen LogP contribution in [-0.2, 0) is 14.3 Å². The van der Waals surface area contributed by atoms with Gasteiger partial charge in [0.1, 0.15) is 16.4 Å². The highest BCUT2D eigenvalue weighted by atomic mass is 32.1. The van der Waals surface area contributed by atoms with Crippen molar-refractivity contribution in [3.63, 3.8) is 0 Å². The maximum Gasteiger partial charge on any atom is 0.350 e. The number of benzene rings is 2. The predicted molar refractivity (Wildman–Crippen MR) is 170 cm³/mol. The van der Waals surface area contributed by atoms with Gasteiger partial charge in [-0.2, -0.15) is 0 Å². The molecule has 1 amide bonds. The van der Waals surface area contributed by atoms with Gasteiger partial charge in [-0.1, -0.05) is 38.5 Å². The van der Waals surface area contributed by atoms with E-state index >= 15 is 0 Å². The second-order valence-corrected chi connectivity index (χ2v) is 11.7. The van der Waals surface area contributed by atoms with Crippen LogP contribution in [-0.4, -0.2) is 62.3 Å². The molecule has 1 aliphatic heterocycles. The summed E-state index contributed by atoms with van der Waals surface area (Å²) in [6.45, 7) is 8.29. The van der Waals surface area contributed by atoms with Crippen LogP contribution in [0.4, 0.5) is 5.13 Å². The Morgan fingerprint density at radius 2 is 1.69 bits per heavy atom. The molecular formula is C33H38N2O9S. The predicted octanol–water partition coefficient (Wildman–Crippen LogP) is 6.10. The second kappa shape index (κ2) is 14.5. The number of aryl methyl sites for hydroxylation is 1. The number of hydrogen-bond acceptors (Lipinski definition) is 11. The van der Waals surface area contributed by atoms with E-state index in [4.69, 9.17) is 23.7 Å². The number of anilines is 1. The second-order valence-electron chi connectivity index (χ2n) is 10.8. The number of methoxy groups -OCH3 is 3. The zero-order chi connectivity index (χ0) is 32.8. The monoisotopic (exact) mass is 638 g/mol. The summed E-state index contributed by atoms with van der Waals surface area (Å²) in [4.78, 5) is 46.2. The first-order chi connectivity index (χ1) is 21.6. The van der Waals surface area contributed by atoms with Crippen LogP contribution in [0.15, 0.2) is 42.0 Å². The van der Waals surface area contributed by atoms with Gasteiger partial charge in [0.05, 0.1) is 51.9 Å². The fourth-order valence-corrected chi connectivity index (χ4v) is 5.77. The molecule has 12 heteroatoms. The summed E-state index contributed by atoms with van der Waals surface area (Å²) in [5.74, 6) is -1.23. The first-order valence-corrected chi connectivity index (χ1v) is 15.4. The molecule has 0 saturated carbocycles. The number of aliphatic hydroxyl groups is 1. The van der Waals surface area contributed by atoms with E-state index in [0.717, 1.165) is 24.2 Å². The third-order valence-electron chi connectivity index (χ3n) is 7.07. The zero-order valence-electron chi connectivity index (χ0n) is 26.5. The molecule has 1 aromatic heterocycles. The van der Waals surface area contributed by atoms with E-state index in [1.54, 1.807) is 43.3 Å². The molecule has 1 atom stereocenters. The van der Waals surface area contributed by atoms with Crippen molar-refractivity contribution in [2.45, 2.75) is 46.6 Å². The minimum atomic E-state index is -1.16. The number of thiazole rings is 1. The van der Waals surface area contributed by atoms with Crippen molar-refractivity contribution in [2.75, 3.05) is 39.4 Å². The molecule has 240 valence electrons. The van der Waals surface area contributed by atoms with E-state index in [9.17, 15) is 19.5 Å². The number of carbonyl (C=O) groups is 3. The van der Waals surface area contributed by atoms with Crippen LogP contribution < -0.4 is 23.8 Å². The number of ketones is 1. The Balaban J connectivity index is 1.88. The molecule has 1 fully saturated rings. The molecule has 0 bridgehead atoms. The molecule has 0 radical (unpaired) electrons. The molecule has 11 nitrogen and oxygen atoms in total. The van der Waals surface area contributed by atoms with E-state index in [2.05, 4.69) is 11.9 Å². The van der Waals surface area contributed by atoms with Crippen molar-refractivity contribution >= 4 is 39.9 Å². The highest BCUT2D eigenvalue weighted by molar-refractivity contribution is 7.17. The SMILES string of the molecule is CCCCOc1ccc(C(O)=C2C(=O)C(=O)N(c3nc(C)c(C(=O)OCC(C)C)s3)[C@@H]2c2cc(OC)c(OC)c(OC)c2)cc1. The molecule has 0 unspecified atom stereocenters. The number of rotatable bonds is 13. The first-order valence-electron chi connectivity index (χ1n) is 14.5. The largest absolute Gasteiger partial charge is 0.507 e. The highest BCUT2D eigenvalue weighted by Crippen LogP contribution is 2.48. The quantitative estimate of drug-likeness (QED) is 0.0770. The lowest BCUT2D eigenvalue weighted by molar-refractivity contribution is -0.132. The van der Waals surface area contributed by atoms with Crippen LogP contribution >= 0.6 is 11.3 Å². The van der Waals surface area contributed by atoms with Crippen molar-refractivity contribution in [2.24, 2.45) is 5.92 Å². The normalized spacial score (nSPS) is 15.8. The van der Waals surface area contributed by atoms with E-state index < -0.39 is 23.7 Å². The van der Waals surface area contributed by atoms with Gasteiger partial charge in [-0.15, -0.1) is 0 Å². The van der Waals surface area contributed by atoms with E-state index in [0.29, 0.717) is 34.9 Å². The Labute approximate surface area is 266 Å². The summed E-state index contributed by atoms with van der Waals surface area (Å²) >= 11 is 0.928. The van der Waals surface area contributed by atoms with Gasteiger partial charge >= 0.3 is 11.9 Å².